The van der Waals surface area contributed by atoms with Crippen LogP contribution in [0.1, 0.15) is 40.2 Å². The molecule has 1 aromatic carbocycles. The lowest BCUT2D eigenvalue weighted by molar-refractivity contribution is 0.0763. The zero-order valence-electron chi connectivity index (χ0n) is 17.1. The maximum atomic E-state index is 13.0. The molecule has 0 radical (unpaired) electrons. The Balaban J connectivity index is 1.38. The summed E-state index contributed by atoms with van der Waals surface area (Å²) in [6.07, 6.45) is 3.42. The van der Waals surface area contributed by atoms with Crippen molar-refractivity contribution in [2.24, 2.45) is 0 Å². The van der Waals surface area contributed by atoms with Gasteiger partial charge in [-0.05, 0) is 31.4 Å². The Morgan fingerprint density at radius 2 is 2.10 bits per heavy atom. The van der Waals surface area contributed by atoms with Crippen LogP contribution in [0.15, 0.2) is 35.0 Å². The summed E-state index contributed by atoms with van der Waals surface area (Å²) in [4.78, 5) is 23.7. The minimum Gasteiger partial charge on any atom is -0.381 e. The van der Waals surface area contributed by atoms with Crippen molar-refractivity contribution < 1.29 is 14.1 Å². The highest BCUT2D eigenvalue weighted by Crippen LogP contribution is 2.32. The molecule has 0 saturated carbocycles. The standard InChI is InChI=1S/C22H22ClN5O3/c1-13-8-17(27-31-13)12-28-11-15-3-2-14(9-18(15)21(28)29)20-19(23)10-24-22(26-20)25-16-4-6-30-7-5-16/h2-3,8-10,16H,4-7,11-12H2,1H3,(H,24,25,26). The molecule has 1 amide bonds. The van der Waals surface area contributed by atoms with Gasteiger partial charge >= 0.3 is 0 Å². The highest BCUT2D eigenvalue weighted by Gasteiger charge is 2.29. The average Bonchev–Trinajstić information content (AvgIpc) is 3.33. The smallest absolute Gasteiger partial charge is 0.254 e. The summed E-state index contributed by atoms with van der Waals surface area (Å²) in [5, 5.41) is 7.80. The second-order valence-electron chi connectivity index (χ2n) is 7.88. The molecule has 1 N–H and O–H groups in total. The molecule has 5 rings (SSSR count). The summed E-state index contributed by atoms with van der Waals surface area (Å²) >= 11 is 6.41. The van der Waals surface area contributed by atoms with Gasteiger partial charge in [-0.3, -0.25) is 4.79 Å². The SMILES string of the molecule is Cc1cc(CN2Cc3ccc(-c4nc(NC5CCOCC5)ncc4Cl)cc3C2=O)no1. The van der Waals surface area contributed by atoms with Gasteiger partial charge < -0.3 is 19.5 Å². The van der Waals surface area contributed by atoms with Gasteiger partial charge in [-0.1, -0.05) is 28.9 Å². The molecule has 0 unspecified atom stereocenters. The summed E-state index contributed by atoms with van der Waals surface area (Å²) in [7, 11) is 0. The molecule has 9 heteroatoms. The number of ether oxygens (including phenoxy) is 1. The van der Waals surface area contributed by atoms with E-state index in [1.54, 1.807) is 11.1 Å². The van der Waals surface area contributed by atoms with Crippen molar-refractivity contribution in [3.05, 3.63) is 58.1 Å². The normalized spacial score (nSPS) is 16.6. The van der Waals surface area contributed by atoms with E-state index in [0.717, 1.165) is 48.6 Å². The number of amides is 1. The van der Waals surface area contributed by atoms with E-state index < -0.39 is 0 Å². The van der Waals surface area contributed by atoms with Crippen LogP contribution in [0.25, 0.3) is 11.3 Å². The minimum absolute atomic E-state index is 0.0387. The number of hydrogen-bond acceptors (Lipinski definition) is 7. The number of nitrogens with one attached hydrogen (secondary N) is 1. The van der Waals surface area contributed by atoms with Crippen LogP contribution in [0.5, 0.6) is 0 Å². The molecule has 0 bridgehead atoms. The van der Waals surface area contributed by atoms with Crippen molar-refractivity contribution in [3.8, 4) is 11.3 Å². The number of nitrogens with zero attached hydrogens (tertiary/aromatic N) is 4. The number of carbonyl (C=O) groups excluding carboxylic acids is 1. The number of aromatic nitrogens is 3. The molecule has 2 aliphatic heterocycles. The van der Waals surface area contributed by atoms with Crippen molar-refractivity contribution in [2.75, 3.05) is 18.5 Å². The van der Waals surface area contributed by atoms with E-state index >= 15 is 0 Å². The number of rotatable bonds is 5. The number of fused-ring (bicyclic) bond motifs is 1. The van der Waals surface area contributed by atoms with Gasteiger partial charge in [-0.15, -0.1) is 0 Å². The summed E-state index contributed by atoms with van der Waals surface area (Å²) < 4.78 is 10.5. The van der Waals surface area contributed by atoms with Crippen molar-refractivity contribution in [1.29, 1.82) is 0 Å². The highest BCUT2D eigenvalue weighted by molar-refractivity contribution is 6.33. The predicted molar refractivity (Wildman–Crippen MR) is 115 cm³/mol. The Kier molecular flexibility index (Phi) is 5.33. The first-order chi connectivity index (χ1) is 15.1. The number of carbonyl (C=O) groups is 1. The van der Waals surface area contributed by atoms with Crippen molar-refractivity contribution in [3.63, 3.8) is 0 Å². The second-order valence-corrected chi connectivity index (χ2v) is 8.29. The molecule has 2 aliphatic rings. The van der Waals surface area contributed by atoms with Crippen LogP contribution in [0.4, 0.5) is 5.95 Å². The summed E-state index contributed by atoms with van der Waals surface area (Å²) in [5.74, 6) is 1.22. The van der Waals surface area contributed by atoms with Gasteiger partial charge in [0, 0.05) is 43.0 Å². The van der Waals surface area contributed by atoms with Gasteiger partial charge in [-0.2, -0.15) is 0 Å². The maximum Gasteiger partial charge on any atom is 0.254 e. The van der Waals surface area contributed by atoms with Gasteiger partial charge in [0.25, 0.3) is 5.91 Å². The molecular formula is C22H22ClN5O3. The van der Waals surface area contributed by atoms with Gasteiger partial charge in [0.1, 0.15) is 11.5 Å². The molecule has 1 saturated heterocycles. The number of halogens is 1. The number of benzene rings is 1. The first-order valence-corrected chi connectivity index (χ1v) is 10.7. The largest absolute Gasteiger partial charge is 0.381 e. The summed E-state index contributed by atoms with van der Waals surface area (Å²) in [6, 6.07) is 7.88. The zero-order valence-corrected chi connectivity index (χ0v) is 17.9. The number of anilines is 1. The molecule has 0 atom stereocenters. The fourth-order valence-corrected chi connectivity index (χ4v) is 4.19. The van der Waals surface area contributed by atoms with Crippen molar-refractivity contribution >= 4 is 23.5 Å². The van der Waals surface area contributed by atoms with Crippen molar-refractivity contribution in [1.82, 2.24) is 20.0 Å². The van der Waals surface area contributed by atoms with E-state index in [1.807, 2.05) is 31.2 Å². The first-order valence-electron chi connectivity index (χ1n) is 10.3. The lowest BCUT2D eigenvalue weighted by atomic mass is 10.0. The van der Waals surface area contributed by atoms with E-state index in [2.05, 4.69) is 20.4 Å². The molecule has 3 aromatic rings. The molecule has 2 aromatic heterocycles. The van der Waals surface area contributed by atoms with E-state index in [9.17, 15) is 4.79 Å². The third-order valence-corrected chi connectivity index (χ3v) is 5.87. The van der Waals surface area contributed by atoms with Gasteiger partial charge in [0.2, 0.25) is 5.95 Å². The molecule has 0 spiro atoms. The van der Waals surface area contributed by atoms with Crippen LogP contribution in [0.2, 0.25) is 5.02 Å². The molecule has 31 heavy (non-hydrogen) atoms. The van der Waals surface area contributed by atoms with Crippen molar-refractivity contribution in [2.45, 2.75) is 38.9 Å². The monoisotopic (exact) mass is 439 g/mol. The maximum absolute atomic E-state index is 13.0. The highest BCUT2D eigenvalue weighted by atomic mass is 35.5. The van der Waals surface area contributed by atoms with E-state index in [0.29, 0.717) is 35.3 Å². The Hall–Kier alpha value is -2.97. The quantitative estimate of drug-likeness (QED) is 0.645. The van der Waals surface area contributed by atoms with Crippen LogP contribution in [-0.4, -0.2) is 45.2 Å². The molecular weight excluding hydrogens is 418 g/mol. The second kappa shape index (κ2) is 8.28. The van der Waals surface area contributed by atoms with Crippen LogP contribution < -0.4 is 5.32 Å². The summed E-state index contributed by atoms with van der Waals surface area (Å²) in [6.45, 7) is 4.24. The van der Waals surface area contributed by atoms with Crippen LogP contribution >= 0.6 is 11.6 Å². The molecule has 8 nitrogen and oxygen atoms in total. The lowest BCUT2D eigenvalue weighted by Crippen LogP contribution is -2.28. The minimum atomic E-state index is -0.0387. The Labute approximate surface area is 184 Å². The first kappa shape index (κ1) is 20.0. The van der Waals surface area contributed by atoms with Crippen LogP contribution in [0.3, 0.4) is 0 Å². The number of hydrogen-bond donors (Lipinski definition) is 1. The van der Waals surface area contributed by atoms with E-state index in [4.69, 9.17) is 20.9 Å². The Bertz CT molecular complexity index is 1130. The average molecular weight is 440 g/mol. The zero-order chi connectivity index (χ0) is 21.4. The Morgan fingerprint density at radius 3 is 2.87 bits per heavy atom. The Morgan fingerprint density at radius 1 is 1.26 bits per heavy atom. The van der Waals surface area contributed by atoms with Crippen LogP contribution in [0, 0.1) is 6.92 Å². The van der Waals surface area contributed by atoms with Gasteiger partial charge in [-0.25, -0.2) is 9.97 Å². The topological polar surface area (TPSA) is 93.4 Å². The molecule has 0 aliphatic carbocycles. The van der Waals surface area contributed by atoms with Gasteiger partial charge in [0.15, 0.2) is 0 Å². The third kappa shape index (κ3) is 4.13. The molecule has 4 heterocycles. The van der Waals surface area contributed by atoms with Gasteiger partial charge in [0.05, 0.1) is 23.5 Å². The third-order valence-electron chi connectivity index (χ3n) is 5.59. The fourth-order valence-electron chi connectivity index (χ4n) is 3.99. The molecule has 160 valence electrons. The summed E-state index contributed by atoms with van der Waals surface area (Å²) in [5.41, 5.74) is 3.76. The predicted octanol–water partition coefficient (Wildman–Crippen LogP) is 3.84. The van der Waals surface area contributed by atoms with E-state index in [1.165, 1.54) is 0 Å². The lowest BCUT2D eigenvalue weighted by Gasteiger charge is -2.23. The van der Waals surface area contributed by atoms with E-state index in [-0.39, 0.29) is 11.9 Å². The number of aryl methyl sites for hydroxylation is 1. The van der Waals surface area contributed by atoms with Crippen LogP contribution in [-0.2, 0) is 17.8 Å². The fraction of sp³-hybridized carbons (Fsp3) is 0.364. The molecule has 1 fully saturated rings.